The van der Waals surface area contributed by atoms with Gasteiger partial charge in [-0.25, -0.2) is 4.98 Å². The fourth-order valence-corrected chi connectivity index (χ4v) is 4.12. The zero-order valence-corrected chi connectivity index (χ0v) is 17.4. The van der Waals surface area contributed by atoms with E-state index in [4.69, 9.17) is 0 Å². The lowest BCUT2D eigenvalue weighted by molar-refractivity contribution is -0.137. The van der Waals surface area contributed by atoms with Crippen LogP contribution < -0.4 is 0 Å². The number of pyridine rings is 1. The minimum absolute atomic E-state index is 0.671. The average molecular weight is 468 g/mol. The molecular weight excluding hydrogens is 451 g/mol. The summed E-state index contributed by atoms with van der Waals surface area (Å²) >= 11 is 3.38. The van der Waals surface area contributed by atoms with E-state index >= 15 is 0 Å². The minimum Gasteiger partial charge on any atom is -0.249 e. The van der Waals surface area contributed by atoms with Crippen LogP contribution in [0.3, 0.4) is 0 Å². The first-order chi connectivity index (χ1) is 14.4. The van der Waals surface area contributed by atoms with Crippen LogP contribution in [-0.4, -0.2) is 4.98 Å². The SMILES string of the molecule is FC(F)(F)c1ccc(C(c2ccccc2)(c2ccccc2)c2ccc(Br)nc2)cc1. The lowest BCUT2D eigenvalue weighted by Gasteiger charge is -2.36. The standard InChI is InChI=1S/C25H17BrF3N/c26-23-16-15-22(17-30-23)24(18-7-3-1-4-8-18,19-9-5-2-6-10-19)20-11-13-21(14-12-20)25(27,28)29/h1-17H. The molecule has 0 aliphatic heterocycles. The van der Waals surface area contributed by atoms with E-state index in [-0.39, 0.29) is 0 Å². The first-order valence-electron chi connectivity index (χ1n) is 9.33. The molecule has 4 aromatic rings. The predicted octanol–water partition coefficient (Wildman–Crippen LogP) is 7.25. The van der Waals surface area contributed by atoms with Crippen LogP contribution >= 0.6 is 15.9 Å². The van der Waals surface area contributed by atoms with Gasteiger partial charge in [-0.3, -0.25) is 0 Å². The Balaban J connectivity index is 2.06. The van der Waals surface area contributed by atoms with Crippen LogP contribution in [0.5, 0.6) is 0 Å². The number of rotatable bonds is 4. The molecule has 1 heterocycles. The van der Waals surface area contributed by atoms with Crippen LogP contribution in [0, 0.1) is 0 Å². The Morgan fingerprint density at radius 1 is 0.533 bits per heavy atom. The highest BCUT2D eigenvalue weighted by molar-refractivity contribution is 9.10. The monoisotopic (exact) mass is 467 g/mol. The highest BCUT2D eigenvalue weighted by Crippen LogP contribution is 2.45. The van der Waals surface area contributed by atoms with Crippen molar-refractivity contribution in [2.24, 2.45) is 0 Å². The Morgan fingerprint density at radius 3 is 1.40 bits per heavy atom. The van der Waals surface area contributed by atoms with Gasteiger partial charge in [0.2, 0.25) is 0 Å². The second-order valence-corrected chi connectivity index (χ2v) is 7.74. The summed E-state index contributed by atoms with van der Waals surface area (Å²) in [5.74, 6) is 0. The molecule has 30 heavy (non-hydrogen) atoms. The van der Waals surface area contributed by atoms with Gasteiger partial charge in [0, 0.05) is 6.20 Å². The van der Waals surface area contributed by atoms with E-state index in [1.165, 1.54) is 0 Å². The predicted molar refractivity (Wildman–Crippen MR) is 115 cm³/mol. The highest BCUT2D eigenvalue weighted by atomic mass is 79.9. The van der Waals surface area contributed by atoms with E-state index in [1.54, 1.807) is 18.3 Å². The summed E-state index contributed by atoms with van der Waals surface area (Å²) in [6.45, 7) is 0. The topological polar surface area (TPSA) is 12.9 Å². The van der Waals surface area contributed by atoms with Gasteiger partial charge >= 0.3 is 6.18 Å². The first kappa shape index (κ1) is 20.4. The zero-order chi connectivity index (χ0) is 21.2. The van der Waals surface area contributed by atoms with Crippen molar-refractivity contribution in [3.05, 3.63) is 136 Å². The third kappa shape index (κ3) is 3.65. The third-order valence-electron chi connectivity index (χ3n) is 5.22. The van der Waals surface area contributed by atoms with E-state index in [9.17, 15) is 13.2 Å². The molecule has 5 heteroatoms. The lowest BCUT2D eigenvalue weighted by Crippen LogP contribution is -2.31. The lowest BCUT2D eigenvalue weighted by atomic mass is 9.65. The fraction of sp³-hybridized carbons (Fsp3) is 0.0800. The van der Waals surface area contributed by atoms with Gasteiger partial charge in [-0.05, 0) is 56.4 Å². The minimum atomic E-state index is -4.39. The van der Waals surface area contributed by atoms with E-state index in [0.29, 0.717) is 4.60 Å². The van der Waals surface area contributed by atoms with Gasteiger partial charge in [0.25, 0.3) is 0 Å². The number of hydrogen-bond acceptors (Lipinski definition) is 1. The van der Waals surface area contributed by atoms with Gasteiger partial charge in [0.15, 0.2) is 0 Å². The zero-order valence-electron chi connectivity index (χ0n) is 15.8. The number of halogens is 4. The van der Waals surface area contributed by atoms with Crippen molar-refractivity contribution < 1.29 is 13.2 Å². The van der Waals surface area contributed by atoms with Gasteiger partial charge in [-0.1, -0.05) is 78.9 Å². The maximum atomic E-state index is 13.2. The molecule has 1 nitrogen and oxygen atoms in total. The summed E-state index contributed by atoms with van der Waals surface area (Å²) < 4.78 is 40.3. The van der Waals surface area contributed by atoms with Crippen molar-refractivity contribution in [3.63, 3.8) is 0 Å². The summed E-state index contributed by atoms with van der Waals surface area (Å²) in [4.78, 5) is 4.42. The molecule has 0 unspecified atom stereocenters. The molecule has 0 saturated carbocycles. The average Bonchev–Trinajstić information content (AvgIpc) is 2.77. The van der Waals surface area contributed by atoms with Crippen LogP contribution in [-0.2, 0) is 11.6 Å². The smallest absolute Gasteiger partial charge is 0.249 e. The molecule has 0 aliphatic carbocycles. The normalized spacial score (nSPS) is 12.0. The molecule has 4 rings (SSSR count). The number of benzene rings is 3. The summed E-state index contributed by atoms with van der Waals surface area (Å²) in [6, 6.07) is 28.8. The third-order valence-corrected chi connectivity index (χ3v) is 5.69. The number of aromatic nitrogens is 1. The maximum absolute atomic E-state index is 13.2. The number of nitrogens with zero attached hydrogens (tertiary/aromatic N) is 1. The van der Waals surface area contributed by atoms with Crippen LogP contribution in [0.1, 0.15) is 27.8 Å². The number of alkyl halides is 3. The van der Waals surface area contributed by atoms with E-state index in [2.05, 4.69) is 20.9 Å². The van der Waals surface area contributed by atoms with E-state index in [1.807, 2.05) is 72.8 Å². The molecule has 3 aromatic carbocycles. The Hall–Kier alpha value is -2.92. The van der Waals surface area contributed by atoms with Gasteiger partial charge < -0.3 is 0 Å². The van der Waals surface area contributed by atoms with E-state index < -0.39 is 17.2 Å². The molecule has 0 aliphatic rings. The Labute approximate surface area is 181 Å². The van der Waals surface area contributed by atoms with Crippen molar-refractivity contribution in [1.29, 1.82) is 0 Å². The largest absolute Gasteiger partial charge is 0.416 e. The molecule has 0 saturated heterocycles. The molecule has 0 radical (unpaired) electrons. The second kappa shape index (κ2) is 8.07. The molecule has 0 N–H and O–H groups in total. The fourth-order valence-electron chi connectivity index (χ4n) is 3.88. The van der Waals surface area contributed by atoms with Crippen molar-refractivity contribution in [1.82, 2.24) is 4.98 Å². The maximum Gasteiger partial charge on any atom is 0.416 e. The van der Waals surface area contributed by atoms with E-state index in [0.717, 1.165) is 34.4 Å². The van der Waals surface area contributed by atoms with Gasteiger partial charge in [0.1, 0.15) is 4.60 Å². The van der Waals surface area contributed by atoms with Crippen molar-refractivity contribution in [3.8, 4) is 0 Å². The van der Waals surface area contributed by atoms with Crippen molar-refractivity contribution >= 4 is 15.9 Å². The van der Waals surface area contributed by atoms with Crippen LogP contribution in [0.2, 0.25) is 0 Å². The number of hydrogen-bond donors (Lipinski definition) is 0. The second-order valence-electron chi connectivity index (χ2n) is 6.93. The quantitative estimate of drug-likeness (QED) is 0.227. The molecule has 0 spiro atoms. The van der Waals surface area contributed by atoms with Gasteiger partial charge in [-0.2, -0.15) is 13.2 Å². The first-order valence-corrected chi connectivity index (χ1v) is 10.1. The summed E-state index contributed by atoms with van der Waals surface area (Å²) in [7, 11) is 0. The van der Waals surface area contributed by atoms with Crippen LogP contribution in [0.15, 0.2) is 108 Å². The molecule has 0 atom stereocenters. The van der Waals surface area contributed by atoms with Gasteiger partial charge in [-0.15, -0.1) is 0 Å². The highest BCUT2D eigenvalue weighted by Gasteiger charge is 2.39. The van der Waals surface area contributed by atoms with Crippen LogP contribution in [0.4, 0.5) is 13.2 Å². The van der Waals surface area contributed by atoms with Crippen LogP contribution in [0.25, 0.3) is 0 Å². The molecule has 1 aromatic heterocycles. The Morgan fingerprint density at radius 2 is 0.967 bits per heavy atom. The van der Waals surface area contributed by atoms with Gasteiger partial charge in [0.05, 0.1) is 11.0 Å². The molecular formula is C25H17BrF3N. The molecule has 0 fully saturated rings. The summed E-state index contributed by atoms with van der Waals surface area (Å²) in [6.07, 6.45) is -2.62. The summed E-state index contributed by atoms with van der Waals surface area (Å²) in [5, 5.41) is 0. The Bertz CT molecular complexity index is 1070. The van der Waals surface area contributed by atoms with Crippen molar-refractivity contribution in [2.45, 2.75) is 11.6 Å². The molecule has 150 valence electrons. The summed E-state index contributed by atoms with van der Waals surface area (Å²) in [5.41, 5.74) is 2.00. The molecule has 0 amide bonds. The Kier molecular flexibility index (Phi) is 5.48. The van der Waals surface area contributed by atoms with Crippen molar-refractivity contribution in [2.75, 3.05) is 0 Å². The molecule has 0 bridgehead atoms.